The molecule has 3 aromatic carbocycles. The number of fused-ring (bicyclic) bond motifs is 2. The van der Waals surface area contributed by atoms with E-state index in [1.54, 1.807) is 43.5 Å². The lowest BCUT2D eigenvalue weighted by molar-refractivity contribution is 0.0602. The van der Waals surface area contributed by atoms with Crippen molar-refractivity contribution in [3.8, 4) is 5.75 Å². The number of amides is 1. The Hall–Kier alpha value is -4.39. The summed E-state index contributed by atoms with van der Waals surface area (Å²) < 4.78 is 10.1. The van der Waals surface area contributed by atoms with Gasteiger partial charge in [0, 0.05) is 29.2 Å². The topological polar surface area (TPSA) is 80.8 Å². The largest absolute Gasteiger partial charge is 0.497 e. The van der Waals surface area contributed by atoms with Gasteiger partial charge in [0.25, 0.3) is 5.91 Å². The molecule has 1 aliphatic rings. The van der Waals surface area contributed by atoms with Crippen LogP contribution in [-0.2, 0) is 11.2 Å². The number of benzene rings is 3. The van der Waals surface area contributed by atoms with Crippen LogP contribution in [0.5, 0.6) is 5.75 Å². The molecule has 5 rings (SSSR count). The zero-order chi connectivity index (χ0) is 23.7. The molecule has 170 valence electrons. The van der Waals surface area contributed by atoms with Crippen molar-refractivity contribution >= 4 is 40.0 Å². The molecular weight excluding hydrogens is 430 g/mol. The molecule has 0 saturated heterocycles. The van der Waals surface area contributed by atoms with Gasteiger partial charge in [-0.3, -0.25) is 4.79 Å². The SMILES string of the molecule is COC(=O)c1ccccc1NC(=O)c1ccc(N2CCc3cc4ccc(OC)cc4nc32)cc1. The summed E-state index contributed by atoms with van der Waals surface area (Å²) in [6.45, 7) is 0.813. The number of esters is 1. The zero-order valence-electron chi connectivity index (χ0n) is 18.9. The second-order valence-electron chi connectivity index (χ2n) is 7.97. The van der Waals surface area contributed by atoms with Crippen molar-refractivity contribution in [2.45, 2.75) is 6.42 Å². The maximum absolute atomic E-state index is 12.8. The third-order valence-electron chi connectivity index (χ3n) is 5.96. The minimum absolute atomic E-state index is 0.304. The Morgan fingerprint density at radius 2 is 1.76 bits per heavy atom. The molecule has 0 aliphatic carbocycles. The van der Waals surface area contributed by atoms with E-state index in [-0.39, 0.29) is 5.91 Å². The van der Waals surface area contributed by atoms with E-state index in [1.807, 2.05) is 30.3 Å². The average molecular weight is 453 g/mol. The number of nitrogens with zero attached hydrogens (tertiary/aromatic N) is 2. The fourth-order valence-electron chi connectivity index (χ4n) is 4.18. The van der Waals surface area contributed by atoms with E-state index >= 15 is 0 Å². The molecule has 0 atom stereocenters. The van der Waals surface area contributed by atoms with Gasteiger partial charge in [0.15, 0.2) is 0 Å². The van der Waals surface area contributed by atoms with E-state index in [9.17, 15) is 9.59 Å². The number of hydrogen-bond acceptors (Lipinski definition) is 6. The summed E-state index contributed by atoms with van der Waals surface area (Å²) in [6, 6.07) is 22.2. The van der Waals surface area contributed by atoms with Crippen LogP contribution in [0.4, 0.5) is 17.2 Å². The van der Waals surface area contributed by atoms with Gasteiger partial charge in [-0.25, -0.2) is 9.78 Å². The van der Waals surface area contributed by atoms with Crippen LogP contribution in [0.15, 0.2) is 72.8 Å². The quantitative estimate of drug-likeness (QED) is 0.430. The zero-order valence-corrected chi connectivity index (χ0v) is 18.9. The minimum Gasteiger partial charge on any atom is -0.497 e. The number of carbonyl (C=O) groups excluding carboxylic acids is 2. The predicted molar refractivity (Wildman–Crippen MR) is 131 cm³/mol. The second-order valence-corrected chi connectivity index (χ2v) is 7.97. The summed E-state index contributed by atoms with van der Waals surface area (Å²) in [5.41, 5.74) is 4.23. The summed E-state index contributed by atoms with van der Waals surface area (Å²) in [5.74, 6) is 0.885. The Labute approximate surface area is 196 Å². The third-order valence-corrected chi connectivity index (χ3v) is 5.96. The molecule has 0 fully saturated rings. The van der Waals surface area contributed by atoms with E-state index in [0.717, 1.165) is 41.1 Å². The van der Waals surface area contributed by atoms with Crippen molar-refractivity contribution in [3.63, 3.8) is 0 Å². The number of methoxy groups -OCH3 is 2. The van der Waals surface area contributed by atoms with E-state index in [0.29, 0.717) is 16.8 Å². The highest BCUT2D eigenvalue weighted by Gasteiger charge is 2.23. The van der Waals surface area contributed by atoms with Gasteiger partial charge in [-0.05, 0) is 66.6 Å². The molecule has 1 N–H and O–H groups in total. The van der Waals surface area contributed by atoms with Gasteiger partial charge in [-0.2, -0.15) is 0 Å². The summed E-state index contributed by atoms with van der Waals surface area (Å²) in [4.78, 5) is 31.8. The first-order valence-corrected chi connectivity index (χ1v) is 10.9. The molecule has 0 saturated carbocycles. The normalized spacial score (nSPS) is 12.4. The molecule has 7 heteroatoms. The monoisotopic (exact) mass is 453 g/mol. The van der Waals surface area contributed by atoms with E-state index in [4.69, 9.17) is 14.5 Å². The molecular formula is C27H23N3O4. The van der Waals surface area contributed by atoms with Crippen LogP contribution < -0.4 is 15.0 Å². The second kappa shape index (κ2) is 8.86. The van der Waals surface area contributed by atoms with E-state index in [1.165, 1.54) is 12.7 Å². The van der Waals surface area contributed by atoms with Gasteiger partial charge in [-0.1, -0.05) is 12.1 Å². The molecule has 34 heavy (non-hydrogen) atoms. The molecule has 0 unspecified atom stereocenters. The van der Waals surface area contributed by atoms with Gasteiger partial charge >= 0.3 is 5.97 Å². The van der Waals surface area contributed by atoms with Crippen molar-refractivity contribution < 1.29 is 19.1 Å². The number of ether oxygens (including phenoxy) is 2. The standard InChI is InChI=1S/C27H23N3O4/c1-33-21-12-9-18-15-19-13-14-30(25(19)28-24(18)16-21)20-10-7-17(8-11-20)26(31)29-23-6-4-3-5-22(23)27(32)34-2/h3-12,15-16H,13-14H2,1-2H3,(H,29,31). The van der Waals surface area contributed by atoms with Crippen LogP contribution >= 0.6 is 0 Å². The maximum atomic E-state index is 12.8. The third kappa shape index (κ3) is 3.92. The van der Waals surface area contributed by atoms with Gasteiger partial charge in [0.2, 0.25) is 0 Å². The minimum atomic E-state index is -0.503. The van der Waals surface area contributed by atoms with Gasteiger partial charge < -0.3 is 19.7 Å². The van der Waals surface area contributed by atoms with Crippen molar-refractivity contribution in [1.29, 1.82) is 0 Å². The molecule has 1 aliphatic heterocycles. The molecule has 1 aromatic heterocycles. The molecule has 4 aromatic rings. The Morgan fingerprint density at radius 1 is 0.971 bits per heavy atom. The number of para-hydroxylation sites is 1. The maximum Gasteiger partial charge on any atom is 0.339 e. The molecule has 7 nitrogen and oxygen atoms in total. The lowest BCUT2D eigenvalue weighted by Crippen LogP contribution is -2.17. The van der Waals surface area contributed by atoms with E-state index < -0.39 is 5.97 Å². The molecule has 0 radical (unpaired) electrons. The number of pyridine rings is 1. The highest BCUT2D eigenvalue weighted by atomic mass is 16.5. The van der Waals surface area contributed by atoms with E-state index in [2.05, 4.69) is 16.3 Å². The number of aromatic nitrogens is 1. The lowest BCUT2D eigenvalue weighted by atomic mass is 10.1. The number of anilines is 3. The first kappa shape index (κ1) is 21.5. The van der Waals surface area contributed by atoms with Crippen LogP contribution in [0.1, 0.15) is 26.3 Å². The molecule has 0 spiro atoms. The summed E-state index contributed by atoms with van der Waals surface area (Å²) in [5, 5.41) is 3.88. The number of carbonyl (C=O) groups is 2. The number of rotatable bonds is 5. The van der Waals surface area contributed by atoms with Crippen molar-refractivity contribution in [2.24, 2.45) is 0 Å². The number of hydrogen-bond donors (Lipinski definition) is 1. The first-order chi connectivity index (χ1) is 16.6. The molecule has 1 amide bonds. The van der Waals surface area contributed by atoms with Gasteiger partial charge in [0.1, 0.15) is 11.6 Å². The highest BCUT2D eigenvalue weighted by Crippen LogP contribution is 2.35. The van der Waals surface area contributed by atoms with Crippen LogP contribution in [0, 0.1) is 0 Å². The Bertz CT molecular complexity index is 1400. The summed E-state index contributed by atoms with van der Waals surface area (Å²) >= 11 is 0. The van der Waals surface area contributed by atoms with Crippen molar-refractivity contribution in [1.82, 2.24) is 4.98 Å². The predicted octanol–water partition coefficient (Wildman–Crippen LogP) is 4.98. The first-order valence-electron chi connectivity index (χ1n) is 10.9. The fraction of sp³-hybridized carbons (Fsp3) is 0.148. The summed E-state index contributed by atoms with van der Waals surface area (Å²) in [7, 11) is 2.96. The van der Waals surface area contributed by atoms with Crippen LogP contribution in [0.3, 0.4) is 0 Å². The van der Waals surface area contributed by atoms with Crippen molar-refractivity contribution in [2.75, 3.05) is 31.0 Å². The van der Waals surface area contributed by atoms with Crippen LogP contribution in [0.25, 0.3) is 10.9 Å². The Kier molecular flexibility index (Phi) is 5.59. The van der Waals surface area contributed by atoms with Crippen LogP contribution in [0.2, 0.25) is 0 Å². The molecule has 2 heterocycles. The van der Waals surface area contributed by atoms with Crippen LogP contribution in [-0.4, -0.2) is 37.6 Å². The number of nitrogens with one attached hydrogen (secondary N) is 1. The van der Waals surface area contributed by atoms with Gasteiger partial charge in [-0.15, -0.1) is 0 Å². The lowest BCUT2D eigenvalue weighted by Gasteiger charge is -2.19. The highest BCUT2D eigenvalue weighted by molar-refractivity contribution is 6.08. The Morgan fingerprint density at radius 3 is 2.53 bits per heavy atom. The van der Waals surface area contributed by atoms with Crippen molar-refractivity contribution in [3.05, 3.63) is 89.5 Å². The summed E-state index contributed by atoms with van der Waals surface area (Å²) in [6.07, 6.45) is 0.900. The fourth-order valence-corrected chi connectivity index (χ4v) is 4.18. The average Bonchev–Trinajstić information content (AvgIpc) is 3.29. The van der Waals surface area contributed by atoms with Gasteiger partial charge in [0.05, 0.1) is 31.0 Å². The smallest absolute Gasteiger partial charge is 0.339 e. The Balaban J connectivity index is 1.38. The molecule has 0 bridgehead atoms.